The van der Waals surface area contributed by atoms with Crippen LogP contribution in [-0.2, 0) is 5.75 Å². The Balaban J connectivity index is 1.65. The molecule has 0 bridgehead atoms. The minimum Gasteiger partial charge on any atom is -0.313 e. The van der Waals surface area contributed by atoms with E-state index in [0.29, 0.717) is 10.5 Å². The molecule has 0 radical (unpaired) electrons. The van der Waals surface area contributed by atoms with E-state index in [1.807, 2.05) is 18.0 Å². The van der Waals surface area contributed by atoms with Gasteiger partial charge in [0.2, 0.25) is 0 Å². The van der Waals surface area contributed by atoms with Gasteiger partial charge in [-0.25, -0.2) is 4.98 Å². The van der Waals surface area contributed by atoms with Gasteiger partial charge in [-0.3, -0.25) is 0 Å². The molecule has 1 aromatic heterocycles. The number of thioether (sulfide) groups is 1. The number of hydrogen-bond donors (Lipinski definition) is 1. The summed E-state index contributed by atoms with van der Waals surface area (Å²) in [4.78, 5) is 5.32. The number of thiazole rings is 1. The summed E-state index contributed by atoms with van der Waals surface area (Å²) >= 11 is 9.34. The second kappa shape index (κ2) is 6.09. The Morgan fingerprint density at radius 3 is 3.20 bits per heavy atom. The highest BCUT2D eigenvalue weighted by Crippen LogP contribution is 2.23. The van der Waals surface area contributed by atoms with Crippen molar-refractivity contribution in [2.75, 3.05) is 12.3 Å². The predicted molar refractivity (Wildman–Crippen MR) is 68.9 cm³/mol. The highest BCUT2D eigenvalue weighted by Gasteiger charge is 2.12. The van der Waals surface area contributed by atoms with Crippen molar-refractivity contribution in [2.45, 2.75) is 31.1 Å². The first-order chi connectivity index (χ1) is 7.34. The molecule has 0 aliphatic carbocycles. The number of halogens is 1. The molecule has 0 amide bonds. The molecule has 1 aliphatic rings. The minimum atomic E-state index is 0.654. The van der Waals surface area contributed by atoms with Gasteiger partial charge in [-0.2, -0.15) is 11.8 Å². The van der Waals surface area contributed by atoms with Crippen molar-refractivity contribution in [1.82, 2.24) is 10.3 Å². The molecule has 2 rings (SSSR count). The van der Waals surface area contributed by atoms with Gasteiger partial charge in [-0.05, 0) is 19.4 Å². The zero-order chi connectivity index (χ0) is 10.5. The molecule has 0 spiro atoms. The third-order valence-corrected chi connectivity index (χ3v) is 4.95. The second-order valence-corrected chi connectivity index (χ2v) is 6.47. The van der Waals surface area contributed by atoms with E-state index in [1.165, 1.54) is 36.4 Å². The minimum absolute atomic E-state index is 0.654. The van der Waals surface area contributed by atoms with Crippen LogP contribution in [0, 0.1) is 0 Å². The van der Waals surface area contributed by atoms with Crippen LogP contribution in [0.2, 0.25) is 4.47 Å². The molecule has 84 valence electrons. The van der Waals surface area contributed by atoms with Crippen LogP contribution in [0.5, 0.6) is 0 Å². The normalized spacial score (nSPS) is 21.8. The van der Waals surface area contributed by atoms with Gasteiger partial charge >= 0.3 is 0 Å². The molecule has 1 aliphatic heterocycles. The zero-order valence-corrected chi connectivity index (χ0v) is 10.9. The quantitative estimate of drug-likeness (QED) is 0.902. The number of aromatic nitrogens is 1. The van der Waals surface area contributed by atoms with Gasteiger partial charge in [-0.1, -0.05) is 18.0 Å². The Kier molecular flexibility index (Phi) is 4.75. The van der Waals surface area contributed by atoms with E-state index in [9.17, 15) is 0 Å². The van der Waals surface area contributed by atoms with Gasteiger partial charge < -0.3 is 5.32 Å². The molecule has 2 nitrogen and oxygen atoms in total. The lowest BCUT2D eigenvalue weighted by atomic mass is 10.1. The first-order valence-electron chi connectivity index (χ1n) is 5.26. The molecule has 1 fully saturated rings. The highest BCUT2D eigenvalue weighted by atomic mass is 35.5. The van der Waals surface area contributed by atoms with E-state index in [1.54, 1.807) is 11.3 Å². The summed E-state index contributed by atoms with van der Waals surface area (Å²) in [5.41, 5.74) is 0. The number of nitrogens with one attached hydrogen (secondary N) is 1. The molecule has 5 heteroatoms. The summed E-state index contributed by atoms with van der Waals surface area (Å²) in [5, 5.41) is 3.55. The van der Waals surface area contributed by atoms with Crippen LogP contribution >= 0.6 is 34.7 Å². The van der Waals surface area contributed by atoms with E-state index in [0.717, 1.165) is 5.75 Å². The average Bonchev–Trinajstić information content (AvgIpc) is 2.66. The molecule has 1 N–H and O–H groups in total. The molecule has 1 aromatic rings. The van der Waals surface area contributed by atoms with E-state index in [-0.39, 0.29) is 0 Å². The van der Waals surface area contributed by atoms with E-state index in [4.69, 9.17) is 11.6 Å². The predicted octanol–water partition coefficient (Wildman–Crippen LogP) is 3.17. The molecule has 1 atom stereocenters. The Morgan fingerprint density at radius 1 is 1.60 bits per heavy atom. The lowest BCUT2D eigenvalue weighted by Crippen LogP contribution is -2.35. The lowest BCUT2D eigenvalue weighted by molar-refractivity contribution is 0.430. The van der Waals surface area contributed by atoms with Crippen LogP contribution in [0.15, 0.2) is 6.20 Å². The Bertz CT molecular complexity index is 297. The smallest absolute Gasteiger partial charge is 0.183 e. The Labute approximate surface area is 104 Å². The topological polar surface area (TPSA) is 24.9 Å². The molecule has 1 unspecified atom stereocenters. The zero-order valence-electron chi connectivity index (χ0n) is 8.54. The molecule has 2 heterocycles. The lowest BCUT2D eigenvalue weighted by Gasteiger charge is -2.22. The first kappa shape index (κ1) is 11.7. The summed E-state index contributed by atoms with van der Waals surface area (Å²) in [6.07, 6.45) is 5.93. The molecular weight excluding hydrogens is 248 g/mol. The largest absolute Gasteiger partial charge is 0.313 e. The van der Waals surface area contributed by atoms with E-state index < -0.39 is 0 Å². The number of rotatable bonds is 4. The van der Waals surface area contributed by atoms with Crippen molar-refractivity contribution < 1.29 is 0 Å². The van der Waals surface area contributed by atoms with Crippen molar-refractivity contribution in [2.24, 2.45) is 0 Å². The summed E-state index contributed by atoms with van der Waals surface area (Å²) in [6, 6.07) is 0.715. The summed E-state index contributed by atoms with van der Waals surface area (Å²) < 4.78 is 0.654. The van der Waals surface area contributed by atoms with Gasteiger partial charge in [0.15, 0.2) is 4.47 Å². The van der Waals surface area contributed by atoms with Crippen molar-refractivity contribution in [3.05, 3.63) is 15.5 Å². The first-order valence-corrected chi connectivity index (χ1v) is 7.61. The molecule has 0 aromatic carbocycles. The highest BCUT2D eigenvalue weighted by molar-refractivity contribution is 7.98. The SMILES string of the molecule is Clc1ncc(CSCC2CCCCN2)s1. The third-order valence-electron chi connectivity index (χ3n) is 2.50. The summed E-state index contributed by atoms with van der Waals surface area (Å²) in [5.74, 6) is 2.25. The van der Waals surface area contributed by atoms with Crippen molar-refractivity contribution in [1.29, 1.82) is 0 Å². The van der Waals surface area contributed by atoms with Crippen molar-refractivity contribution in [3.8, 4) is 0 Å². The summed E-state index contributed by atoms with van der Waals surface area (Å²) in [7, 11) is 0. The Morgan fingerprint density at radius 2 is 2.53 bits per heavy atom. The molecule has 1 saturated heterocycles. The second-order valence-electron chi connectivity index (χ2n) is 3.74. The van der Waals surface area contributed by atoms with Gasteiger partial charge in [0.1, 0.15) is 0 Å². The maximum absolute atomic E-state index is 5.77. The van der Waals surface area contributed by atoms with Gasteiger partial charge in [-0.15, -0.1) is 11.3 Å². The third kappa shape index (κ3) is 3.94. The fourth-order valence-corrected chi connectivity index (χ4v) is 3.94. The number of piperidine rings is 1. The van der Waals surface area contributed by atoms with Crippen LogP contribution in [0.3, 0.4) is 0 Å². The van der Waals surface area contributed by atoms with Crippen LogP contribution in [-0.4, -0.2) is 23.3 Å². The fraction of sp³-hybridized carbons (Fsp3) is 0.700. The van der Waals surface area contributed by atoms with Gasteiger partial charge in [0.05, 0.1) is 0 Å². The summed E-state index contributed by atoms with van der Waals surface area (Å²) in [6.45, 7) is 1.19. The van der Waals surface area contributed by atoms with E-state index in [2.05, 4.69) is 10.3 Å². The molecular formula is C10H15ClN2S2. The monoisotopic (exact) mass is 262 g/mol. The number of nitrogens with zero attached hydrogens (tertiary/aromatic N) is 1. The molecule has 15 heavy (non-hydrogen) atoms. The maximum Gasteiger partial charge on any atom is 0.183 e. The maximum atomic E-state index is 5.77. The number of hydrogen-bond acceptors (Lipinski definition) is 4. The Hall–Kier alpha value is 0.230. The molecule has 0 saturated carbocycles. The van der Waals surface area contributed by atoms with Crippen molar-refractivity contribution >= 4 is 34.7 Å². The van der Waals surface area contributed by atoms with Gasteiger partial charge in [0.25, 0.3) is 0 Å². The van der Waals surface area contributed by atoms with Crippen LogP contribution < -0.4 is 5.32 Å². The van der Waals surface area contributed by atoms with Crippen LogP contribution in [0.25, 0.3) is 0 Å². The van der Waals surface area contributed by atoms with Crippen LogP contribution in [0.1, 0.15) is 24.1 Å². The van der Waals surface area contributed by atoms with E-state index >= 15 is 0 Å². The van der Waals surface area contributed by atoms with Crippen LogP contribution in [0.4, 0.5) is 0 Å². The van der Waals surface area contributed by atoms with Crippen molar-refractivity contribution in [3.63, 3.8) is 0 Å². The fourth-order valence-electron chi connectivity index (χ4n) is 1.72. The van der Waals surface area contributed by atoms with Gasteiger partial charge in [0, 0.05) is 28.6 Å². The average molecular weight is 263 g/mol. The standard InChI is InChI=1S/C10H15ClN2S2/c11-10-13-5-9(15-10)7-14-6-8-3-1-2-4-12-8/h5,8,12H,1-4,6-7H2.